The van der Waals surface area contributed by atoms with Crippen molar-refractivity contribution in [3.8, 4) is 0 Å². The number of rotatable bonds is 8. The number of ketones is 1. The Morgan fingerprint density at radius 3 is 2.19 bits per heavy atom. The summed E-state index contributed by atoms with van der Waals surface area (Å²) in [5.41, 5.74) is -0.123. The van der Waals surface area contributed by atoms with E-state index in [0.717, 1.165) is 19.4 Å². The lowest BCUT2D eigenvalue weighted by Crippen LogP contribution is -2.37. The van der Waals surface area contributed by atoms with Gasteiger partial charge in [-0.2, -0.15) is 0 Å². The maximum Gasteiger partial charge on any atom is 0.356 e. The van der Waals surface area contributed by atoms with Crippen LogP contribution in [0.5, 0.6) is 0 Å². The first-order valence-corrected chi connectivity index (χ1v) is 8.15. The van der Waals surface area contributed by atoms with Gasteiger partial charge in [-0.25, -0.2) is 9.78 Å². The minimum absolute atomic E-state index is 0.123. The van der Waals surface area contributed by atoms with Gasteiger partial charge in [0.05, 0.1) is 0 Å². The van der Waals surface area contributed by atoms with E-state index in [0.29, 0.717) is 17.1 Å². The second-order valence-corrected chi connectivity index (χ2v) is 6.53. The lowest BCUT2D eigenvalue weighted by Gasteiger charge is -2.31. The predicted molar refractivity (Wildman–Crippen MR) is 85.6 cm³/mol. The summed E-state index contributed by atoms with van der Waals surface area (Å²) < 4.78 is 0. The van der Waals surface area contributed by atoms with Gasteiger partial charge in [0.25, 0.3) is 0 Å². The maximum atomic E-state index is 11.6. The normalized spacial score (nSPS) is 11.2. The molecule has 0 bridgehead atoms. The minimum Gasteiger partial charge on any atom is -0.476 e. The molecule has 0 saturated carbocycles. The Morgan fingerprint density at radius 1 is 1.29 bits per heavy atom. The third-order valence-corrected chi connectivity index (χ3v) is 4.52. The van der Waals surface area contributed by atoms with Crippen LogP contribution in [0.4, 0.5) is 5.13 Å². The van der Waals surface area contributed by atoms with Gasteiger partial charge in [-0.3, -0.25) is 4.79 Å². The Hall–Kier alpha value is -1.43. The molecule has 0 atom stereocenters. The summed E-state index contributed by atoms with van der Waals surface area (Å²) in [5, 5.41) is 9.86. The summed E-state index contributed by atoms with van der Waals surface area (Å²) in [6, 6.07) is 0.306. The third-order valence-electron chi connectivity index (χ3n) is 3.33. The maximum absolute atomic E-state index is 11.6. The van der Waals surface area contributed by atoms with Gasteiger partial charge in [0, 0.05) is 19.5 Å². The molecule has 0 amide bonds. The summed E-state index contributed by atoms with van der Waals surface area (Å²) in [5.74, 6) is -0.953. The van der Waals surface area contributed by atoms with Crippen LogP contribution in [0.2, 0.25) is 0 Å². The van der Waals surface area contributed by atoms with Crippen LogP contribution in [-0.2, 0) is 0 Å². The number of hydrogen-bond acceptors (Lipinski definition) is 5. The summed E-state index contributed by atoms with van der Waals surface area (Å²) in [4.78, 5) is 29.5. The standard InChI is InChI=1S/C15H24N2O3S/c1-6-11(7-2)17(8-9(3)4)15-16-12(14(19)20)13(21-15)10(5)18/h9,11H,6-8H2,1-5H3,(H,19,20). The molecule has 118 valence electrons. The van der Waals surface area contributed by atoms with Crippen molar-refractivity contribution in [2.45, 2.75) is 53.5 Å². The molecule has 0 aliphatic rings. The first-order chi connectivity index (χ1) is 9.81. The van der Waals surface area contributed by atoms with E-state index in [4.69, 9.17) is 0 Å². The van der Waals surface area contributed by atoms with Gasteiger partial charge in [-0.05, 0) is 18.8 Å². The van der Waals surface area contributed by atoms with Crippen molar-refractivity contribution in [2.75, 3.05) is 11.4 Å². The average Bonchev–Trinajstić information content (AvgIpc) is 2.83. The van der Waals surface area contributed by atoms with Gasteiger partial charge in [0.1, 0.15) is 4.88 Å². The molecule has 1 rings (SSSR count). The Kier molecular flexibility index (Phi) is 6.33. The number of thiazole rings is 1. The van der Waals surface area contributed by atoms with E-state index in [9.17, 15) is 14.7 Å². The first kappa shape index (κ1) is 17.6. The van der Waals surface area contributed by atoms with Crippen molar-refractivity contribution in [1.82, 2.24) is 4.98 Å². The van der Waals surface area contributed by atoms with Crippen molar-refractivity contribution in [2.24, 2.45) is 5.92 Å². The second-order valence-electron chi connectivity index (χ2n) is 5.55. The van der Waals surface area contributed by atoms with Gasteiger partial charge in [-0.15, -0.1) is 0 Å². The number of anilines is 1. The minimum atomic E-state index is -1.14. The van der Waals surface area contributed by atoms with Gasteiger partial charge < -0.3 is 10.0 Å². The van der Waals surface area contributed by atoms with E-state index in [-0.39, 0.29) is 16.4 Å². The van der Waals surface area contributed by atoms with Crippen molar-refractivity contribution in [1.29, 1.82) is 0 Å². The number of aromatic nitrogens is 1. The Labute approximate surface area is 130 Å². The molecular formula is C15H24N2O3S. The third kappa shape index (κ3) is 4.27. The van der Waals surface area contributed by atoms with Crippen LogP contribution >= 0.6 is 11.3 Å². The SMILES string of the molecule is CCC(CC)N(CC(C)C)c1nc(C(=O)O)c(C(C)=O)s1. The fourth-order valence-corrected chi connectivity index (χ4v) is 3.36. The van der Waals surface area contributed by atoms with Gasteiger partial charge in [-0.1, -0.05) is 39.0 Å². The molecule has 21 heavy (non-hydrogen) atoms. The Morgan fingerprint density at radius 2 is 1.86 bits per heavy atom. The van der Waals surface area contributed by atoms with Crippen LogP contribution in [0, 0.1) is 5.92 Å². The van der Waals surface area contributed by atoms with E-state index < -0.39 is 5.97 Å². The summed E-state index contributed by atoms with van der Waals surface area (Å²) in [6.45, 7) is 10.6. The van der Waals surface area contributed by atoms with Gasteiger partial charge in [0.15, 0.2) is 16.6 Å². The van der Waals surface area contributed by atoms with Crippen LogP contribution in [0.1, 0.15) is 67.6 Å². The molecule has 1 N–H and O–H groups in total. The molecule has 6 heteroatoms. The summed E-state index contributed by atoms with van der Waals surface area (Å²) in [6.07, 6.45) is 1.92. The Bertz CT molecular complexity index is 476. The number of aromatic carboxylic acids is 1. The number of carboxylic acid groups (broad SMARTS) is 1. The summed E-state index contributed by atoms with van der Waals surface area (Å²) >= 11 is 1.19. The molecule has 0 aliphatic heterocycles. The van der Waals surface area contributed by atoms with E-state index >= 15 is 0 Å². The van der Waals surface area contributed by atoms with Crippen LogP contribution in [0.3, 0.4) is 0 Å². The van der Waals surface area contributed by atoms with Crippen molar-refractivity contribution in [3.63, 3.8) is 0 Å². The fourth-order valence-electron chi connectivity index (χ4n) is 2.32. The van der Waals surface area contributed by atoms with Crippen LogP contribution in [0.25, 0.3) is 0 Å². The molecular weight excluding hydrogens is 288 g/mol. The lowest BCUT2D eigenvalue weighted by atomic mass is 10.1. The summed E-state index contributed by atoms with van der Waals surface area (Å²) in [7, 11) is 0. The zero-order chi connectivity index (χ0) is 16.2. The molecule has 0 spiro atoms. The number of Topliss-reactive ketones (excluding diaryl/α,β-unsaturated/α-hetero) is 1. The molecule has 0 aromatic carbocycles. The largest absolute Gasteiger partial charge is 0.476 e. The van der Waals surface area contributed by atoms with Crippen LogP contribution in [-0.4, -0.2) is 34.4 Å². The highest BCUT2D eigenvalue weighted by Gasteiger charge is 2.26. The highest BCUT2D eigenvalue weighted by molar-refractivity contribution is 7.17. The van der Waals surface area contributed by atoms with Crippen molar-refractivity contribution < 1.29 is 14.7 Å². The molecule has 0 saturated heterocycles. The molecule has 1 aromatic heterocycles. The van der Waals surface area contributed by atoms with Crippen molar-refractivity contribution >= 4 is 28.2 Å². The highest BCUT2D eigenvalue weighted by Crippen LogP contribution is 2.30. The predicted octanol–water partition coefficient (Wildman–Crippen LogP) is 3.69. The van der Waals surface area contributed by atoms with Crippen LogP contribution < -0.4 is 4.90 Å². The number of carbonyl (C=O) groups excluding carboxylic acids is 1. The van der Waals surface area contributed by atoms with E-state index in [1.54, 1.807) is 0 Å². The number of hydrogen-bond donors (Lipinski definition) is 1. The molecule has 5 nitrogen and oxygen atoms in total. The molecule has 0 unspecified atom stereocenters. The Balaban J connectivity index is 3.27. The molecule has 1 heterocycles. The van der Waals surface area contributed by atoms with Gasteiger partial charge >= 0.3 is 5.97 Å². The molecule has 1 aromatic rings. The number of carbonyl (C=O) groups is 2. The zero-order valence-corrected chi connectivity index (χ0v) is 14.2. The average molecular weight is 312 g/mol. The van der Waals surface area contributed by atoms with E-state index in [2.05, 4.69) is 37.6 Å². The number of nitrogens with zero attached hydrogens (tertiary/aromatic N) is 2. The second kappa shape index (κ2) is 7.54. The van der Waals surface area contributed by atoms with Gasteiger partial charge in [0.2, 0.25) is 0 Å². The fraction of sp³-hybridized carbons (Fsp3) is 0.667. The topological polar surface area (TPSA) is 70.5 Å². The van der Waals surface area contributed by atoms with E-state index in [1.165, 1.54) is 18.3 Å². The lowest BCUT2D eigenvalue weighted by molar-refractivity contribution is 0.0687. The van der Waals surface area contributed by atoms with Crippen LogP contribution in [0.15, 0.2) is 0 Å². The number of carboxylic acids is 1. The van der Waals surface area contributed by atoms with Crippen molar-refractivity contribution in [3.05, 3.63) is 10.6 Å². The smallest absolute Gasteiger partial charge is 0.356 e. The molecule has 0 radical (unpaired) electrons. The zero-order valence-electron chi connectivity index (χ0n) is 13.3. The monoisotopic (exact) mass is 312 g/mol. The highest BCUT2D eigenvalue weighted by atomic mass is 32.1. The first-order valence-electron chi connectivity index (χ1n) is 7.33. The molecule has 0 aliphatic carbocycles. The van der Waals surface area contributed by atoms with E-state index in [1.807, 2.05) is 0 Å². The quantitative estimate of drug-likeness (QED) is 0.741. The molecule has 0 fully saturated rings.